The molecule has 1 fully saturated rings. The van der Waals surface area contributed by atoms with Gasteiger partial charge in [0.05, 0.1) is 5.41 Å². The quantitative estimate of drug-likeness (QED) is 0.461. The largest absolute Gasteiger partial charge is 0.353 e. The Morgan fingerprint density at radius 2 is 1.74 bits per heavy atom. The maximum absolute atomic E-state index is 13.9. The van der Waals surface area contributed by atoms with Gasteiger partial charge in [0, 0.05) is 55.3 Å². The minimum atomic E-state index is -0.585. The second-order valence-corrected chi connectivity index (χ2v) is 9.67. The molecule has 3 aromatic rings. The Morgan fingerprint density at radius 1 is 1.03 bits per heavy atom. The number of nitrogens with zero attached hydrogens (tertiary/aromatic N) is 4. The summed E-state index contributed by atoms with van der Waals surface area (Å²) >= 11 is 6.03. The number of carbonyl (C=O) groups is 1. The average Bonchev–Trinajstić information content (AvgIpc) is 2.85. The van der Waals surface area contributed by atoms with Crippen LogP contribution in [0, 0.1) is 18.2 Å². The van der Waals surface area contributed by atoms with Crippen LogP contribution in [0.5, 0.6) is 0 Å². The van der Waals surface area contributed by atoms with Gasteiger partial charge in [-0.1, -0.05) is 42.5 Å². The van der Waals surface area contributed by atoms with Gasteiger partial charge in [-0.25, -0.2) is 14.4 Å². The predicted octanol–water partition coefficient (Wildman–Crippen LogP) is 5.10. The summed E-state index contributed by atoms with van der Waals surface area (Å²) in [5.41, 5.74) is 3.15. The van der Waals surface area contributed by atoms with Gasteiger partial charge in [-0.3, -0.25) is 4.79 Å². The highest BCUT2D eigenvalue weighted by molar-refractivity contribution is 6.19. The molecule has 1 saturated heterocycles. The zero-order valence-corrected chi connectivity index (χ0v) is 20.6. The summed E-state index contributed by atoms with van der Waals surface area (Å²) in [5.74, 6) is 1.40. The second kappa shape index (κ2) is 10.1. The Hall–Kier alpha value is -2.99. The standard InChI is InChI=1S/C27H30ClFN4O/c1-19-23(16-20-8-5-4-6-9-20)25(31-24(30-19)21-10-7-11-22(29)17-21)32-12-14-33(15-13-32)26(34)27(2,3)18-28/h4-11,17H,12-16,18H2,1-3H3. The fourth-order valence-corrected chi connectivity index (χ4v) is 4.33. The maximum Gasteiger partial charge on any atom is 0.229 e. The van der Waals surface area contributed by atoms with E-state index in [9.17, 15) is 9.18 Å². The van der Waals surface area contributed by atoms with Gasteiger partial charge in [0.1, 0.15) is 11.6 Å². The number of piperazine rings is 1. The summed E-state index contributed by atoms with van der Waals surface area (Å²) in [5, 5.41) is 0. The number of aromatic nitrogens is 2. The molecule has 1 aliphatic rings. The third-order valence-electron chi connectivity index (χ3n) is 6.28. The SMILES string of the molecule is Cc1nc(-c2cccc(F)c2)nc(N2CCN(C(=O)C(C)(C)CCl)CC2)c1Cc1ccccc1. The van der Waals surface area contributed by atoms with Crippen LogP contribution in [-0.4, -0.2) is 52.8 Å². The molecule has 7 heteroatoms. The Balaban J connectivity index is 1.67. The van der Waals surface area contributed by atoms with Gasteiger partial charge >= 0.3 is 0 Å². The van der Waals surface area contributed by atoms with Crippen LogP contribution in [-0.2, 0) is 11.2 Å². The number of anilines is 1. The van der Waals surface area contributed by atoms with Crippen LogP contribution in [0.4, 0.5) is 10.2 Å². The van der Waals surface area contributed by atoms with E-state index in [1.54, 1.807) is 6.07 Å². The molecule has 1 aromatic heterocycles. The monoisotopic (exact) mass is 480 g/mol. The van der Waals surface area contributed by atoms with E-state index in [-0.39, 0.29) is 17.6 Å². The molecular formula is C27H30ClFN4O. The van der Waals surface area contributed by atoms with E-state index in [1.165, 1.54) is 17.7 Å². The van der Waals surface area contributed by atoms with Gasteiger partial charge in [0.25, 0.3) is 0 Å². The number of alkyl halides is 1. The minimum Gasteiger partial charge on any atom is -0.353 e. The van der Waals surface area contributed by atoms with E-state index in [0.29, 0.717) is 44.0 Å². The summed E-state index contributed by atoms with van der Waals surface area (Å²) < 4.78 is 13.9. The molecule has 5 nitrogen and oxygen atoms in total. The lowest BCUT2D eigenvalue weighted by atomic mass is 9.94. The first-order chi connectivity index (χ1) is 16.3. The molecule has 0 spiro atoms. The number of carbonyl (C=O) groups excluding carboxylic acids is 1. The smallest absolute Gasteiger partial charge is 0.229 e. The van der Waals surface area contributed by atoms with Crippen molar-refractivity contribution in [2.45, 2.75) is 27.2 Å². The van der Waals surface area contributed by atoms with Crippen molar-refractivity contribution >= 4 is 23.3 Å². The third kappa shape index (κ3) is 5.22. The van der Waals surface area contributed by atoms with Gasteiger partial charge in [-0.15, -0.1) is 11.6 Å². The van der Waals surface area contributed by atoms with E-state index < -0.39 is 5.41 Å². The van der Waals surface area contributed by atoms with Crippen LogP contribution in [0.25, 0.3) is 11.4 Å². The molecule has 34 heavy (non-hydrogen) atoms. The fourth-order valence-electron chi connectivity index (χ4n) is 4.21. The molecule has 0 radical (unpaired) electrons. The van der Waals surface area contributed by atoms with E-state index in [2.05, 4.69) is 17.0 Å². The van der Waals surface area contributed by atoms with Crippen molar-refractivity contribution in [3.63, 3.8) is 0 Å². The molecule has 4 rings (SSSR count). The average molecular weight is 481 g/mol. The molecule has 2 aromatic carbocycles. The minimum absolute atomic E-state index is 0.0750. The summed E-state index contributed by atoms with van der Waals surface area (Å²) in [6.45, 7) is 8.26. The zero-order valence-electron chi connectivity index (χ0n) is 19.9. The van der Waals surface area contributed by atoms with Crippen LogP contribution in [0.2, 0.25) is 0 Å². The topological polar surface area (TPSA) is 49.3 Å². The lowest BCUT2D eigenvalue weighted by Crippen LogP contribution is -2.53. The Labute approximate surface area is 205 Å². The fraction of sp³-hybridized carbons (Fsp3) is 0.370. The lowest BCUT2D eigenvalue weighted by molar-refractivity contribution is -0.139. The number of benzene rings is 2. The highest BCUT2D eigenvalue weighted by Gasteiger charge is 2.33. The zero-order chi connectivity index (χ0) is 24.3. The van der Waals surface area contributed by atoms with Crippen molar-refractivity contribution in [3.8, 4) is 11.4 Å². The Kier molecular flexibility index (Phi) is 7.17. The first kappa shape index (κ1) is 24.1. The number of rotatable bonds is 6. The number of aryl methyl sites for hydroxylation is 1. The molecule has 0 bridgehead atoms. The summed E-state index contributed by atoms with van der Waals surface area (Å²) in [6.07, 6.45) is 0.698. The third-order valence-corrected chi connectivity index (χ3v) is 6.95. The molecule has 1 aliphatic heterocycles. The molecule has 0 atom stereocenters. The number of hydrogen-bond donors (Lipinski definition) is 0. The number of hydrogen-bond acceptors (Lipinski definition) is 4. The number of amides is 1. The van der Waals surface area contributed by atoms with Crippen LogP contribution in [0.15, 0.2) is 54.6 Å². The Bertz CT molecular complexity index is 1160. The van der Waals surface area contributed by atoms with Gasteiger partial charge < -0.3 is 9.80 Å². The molecule has 178 valence electrons. The van der Waals surface area contributed by atoms with E-state index in [0.717, 1.165) is 17.1 Å². The predicted molar refractivity (Wildman–Crippen MR) is 135 cm³/mol. The van der Waals surface area contributed by atoms with E-state index in [1.807, 2.05) is 49.9 Å². The molecule has 0 unspecified atom stereocenters. The van der Waals surface area contributed by atoms with Gasteiger partial charge in [0.2, 0.25) is 5.91 Å². The molecule has 2 heterocycles. The molecule has 0 saturated carbocycles. The van der Waals surface area contributed by atoms with Crippen molar-refractivity contribution < 1.29 is 9.18 Å². The first-order valence-corrected chi connectivity index (χ1v) is 12.1. The van der Waals surface area contributed by atoms with Crippen molar-refractivity contribution in [2.75, 3.05) is 37.0 Å². The van der Waals surface area contributed by atoms with Crippen LogP contribution in [0.1, 0.15) is 30.7 Å². The van der Waals surface area contributed by atoms with Crippen LogP contribution >= 0.6 is 11.6 Å². The van der Waals surface area contributed by atoms with E-state index >= 15 is 0 Å². The van der Waals surface area contributed by atoms with Crippen LogP contribution < -0.4 is 4.90 Å². The van der Waals surface area contributed by atoms with Crippen molar-refractivity contribution in [2.24, 2.45) is 5.41 Å². The van der Waals surface area contributed by atoms with Crippen molar-refractivity contribution in [3.05, 3.63) is 77.2 Å². The first-order valence-electron chi connectivity index (χ1n) is 11.6. The summed E-state index contributed by atoms with van der Waals surface area (Å²) in [4.78, 5) is 26.7. The number of halogens is 2. The maximum atomic E-state index is 13.9. The molecular weight excluding hydrogens is 451 g/mol. The van der Waals surface area contributed by atoms with E-state index in [4.69, 9.17) is 21.6 Å². The van der Waals surface area contributed by atoms with Gasteiger partial charge in [0.15, 0.2) is 5.82 Å². The highest BCUT2D eigenvalue weighted by atomic mass is 35.5. The van der Waals surface area contributed by atoms with Crippen molar-refractivity contribution in [1.29, 1.82) is 0 Å². The second-order valence-electron chi connectivity index (χ2n) is 9.40. The molecule has 0 N–H and O–H groups in total. The lowest BCUT2D eigenvalue weighted by Gasteiger charge is -2.39. The van der Waals surface area contributed by atoms with Crippen LogP contribution in [0.3, 0.4) is 0 Å². The summed E-state index contributed by atoms with van der Waals surface area (Å²) in [6, 6.07) is 16.6. The highest BCUT2D eigenvalue weighted by Crippen LogP contribution is 2.29. The summed E-state index contributed by atoms with van der Waals surface area (Å²) in [7, 11) is 0. The Morgan fingerprint density at radius 3 is 2.38 bits per heavy atom. The normalized spacial score (nSPS) is 14.4. The van der Waals surface area contributed by atoms with Gasteiger partial charge in [-0.05, 0) is 38.5 Å². The molecule has 0 aliphatic carbocycles. The van der Waals surface area contributed by atoms with Crippen molar-refractivity contribution in [1.82, 2.24) is 14.9 Å². The van der Waals surface area contributed by atoms with Gasteiger partial charge in [-0.2, -0.15) is 0 Å². The molecule has 1 amide bonds.